The van der Waals surface area contributed by atoms with Crippen molar-refractivity contribution < 1.29 is 18.0 Å². The lowest BCUT2D eigenvalue weighted by atomic mass is 10.3. The van der Waals surface area contributed by atoms with Crippen LogP contribution in [0, 0.1) is 0 Å². The molecule has 0 unspecified atom stereocenters. The summed E-state index contributed by atoms with van der Waals surface area (Å²) in [5.74, 6) is 0. The molecule has 0 atom stereocenters. The number of carbonyl (C=O) groups is 1. The second-order valence-corrected chi connectivity index (χ2v) is 5.90. The summed E-state index contributed by atoms with van der Waals surface area (Å²) in [6.45, 7) is 0. The molecule has 0 bridgehead atoms. The summed E-state index contributed by atoms with van der Waals surface area (Å²) in [6.07, 6.45) is -4.46. The van der Waals surface area contributed by atoms with Crippen molar-refractivity contribution >= 4 is 23.5 Å². The van der Waals surface area contributed by atoms with E-state index in [1.54, 1.807) is 38.4 Å². The van der Waals surface area contributed by atoms with Gasteiger partial charge in [-0.3, -0.25) is 0 Å². The molecule has 1 aromatic carbocycles. The van der Waals surface area contributed by atoms with Crippen molar-refractivity contribution in [2.75, 3.05) is 19.4 Å². The average molecular weight is 341 g/mol. The summed E-state index contributed by atoms with van der Waals surface area (Å²) in [4.78, 5) is 17.2. The fourth-order valence-corrected chi connectivity index (χ4v) is 2.40. The third kappa shape index (κ3) is 4.88. The van der Waals surface area contributed by atoms with E-state index < -0.39 is 11.9 Å². The van der Waals surface area contributed by atoms with Gasteiger partial charge in [-0.2, -0.15) is 13.2 Å². The summed E-state index contributed by atoms with van der Waals surface area (Å²) in [7, 11) is 3.25. The van der Waals surface area contributed by atoms with Crippen molar-refractivity contribution in [1.29, 1.82) is 0 Å². The first-order chi connectivity index (χ1) is 10.8. The fourth-order valence-electron chi connectivity index (χ4n) is 1.59. The Kier molecular flexibility index (Phi) is 5.15. The molecular weight excluding hydrogens is 327 g/mol. The molecule has 8 heteroatoms. The molecule has 1 heterocycles. The van der Waals surface area contributed by atoms with Crippen LogP contribution in [-0.2, 0) is 6.18 Å². The molecule has 23 heavy (non-hydrogen) atoms. The maximum Gasteiger partial charge on any atom is 0.433 e. The van der Waals surface area contributed by atoms with Gasteiger partial charge in [0, 0.05) is 24.7 Å². The van der Waals surface area contributed by atoms with E-state index >= 15 is 0 Å². The molecule has 2 aromatic rings. The maximum absolute atomic E-state index is 12.6. The number of carbonyl (C=O) groups excluding carboxylic acids is 1. The number of nitrogens with one attached hydrogen (secondary N) is 1. The van der Waals surface area contributed by atoms with Crippen molar-refractivity contribution in [3.63, 3.8) is 0 Å². The molecule has 0 saturated heterocycles. The molecule has 0 aliphatic rings. The Morgan fingerprint density at radius 3 is 2.35 bits per heavy atom. The van der Waals surface area contributed by atoms with Crippen LogP contribution in [0.15, 0.2) is 52.4 Å². The number of nitrogens with zero attached hydrogens (tertiary/aromatic N) is 2. The van der Waals surface area contributed by atoms with E-state index in [2.05, 4.69) is 10.3 Å². The van der Waals surface area contributed by atoms with Crippen LogP contribution < -0.4 is 5.32 Å². The zero-order valence-electron chi connectivity index (χ0n) is 12.4. The molecule has 0 spiro atoms. The van der Waals surface area contributed by atoms with Crippen LogP contribution in [0.5, 0.6) is 0 Å². The van der Waals surface area contributed by atoms with E-state index in [4.69, 9.17) is 0 Å². The standard InChI is InChI=1S/C15H14F3N3OS/c1-21(2)14(22)19-10-6-8-11(9-7-10)23-13-5-3-4-12(20-13)15(16,17)18/h3-9H,1-2H3,(H,19,22). The summed E-state index contributed by atoms with van der Waals surface area (Å²) in [5.41, 5.74) is -0.317. The third-order valence-electron chi connectivity index (χ3n) is 2.75. The van der Waals surface area contributed by atoms with Crippen molar-refractivity contribution in [1.82, 2.24) is 9.88 Å². The molecule has 4 nitrogen and oxygen atoms in total. The number of pyridine rings is 1. The second kappa shape index (κ2) is 6.91. The third-order valence-corrected chi connectivity index (χ3v) is 3.69. The Hall–Kier alpha value is -2.22. The molecule has 2 rings (SSSR count). The average Bonchev–Trinajstić information content (AvgIpc) is 2.48. The molecular formula is C15H14F3N3OS. The van der Waals surface area contributed by atoms with Crippen molar-refractivity contribution in [2.45, 2.75) is 16.1 Å². The molecule has 122 valence electrons. The van der Waals surface area contributed by atoms with Crippen molar-refractivity contribution in [3.05, 3.63) is 48.2 Å². The molecule has 0 saturated carbocycles. The highest BCUT2D eigenvalue weighted by molar-refractivity contribution is 7.99. The van der Waals surface area contributed by atoms with Gasteiger partial charge in [0.1, 0.15) is 10.7 Å². The number of rotatable bonds is 3. The first-order valence-corrected chi connectivity index (χ1v) is 7.38. The Balaban J connectivity index is 2.08. The first kappa shape index (κ1) is 17.1. The zero-order chi connectivity index (χ0) is 17.0. The van der Waals surface area contributed by atoms with Crippen LogP contribution in [0.1, 0.15) is 5.69 Å². The van der Waals surface area contributed by atoms with Crippen LogP contribution in [0.2, 0.25) is 0 Å². The number of benzene rings is 1. The molecule has 1 aromatic heterocycles. The minimum atomic E-state index is -4.46. The lowest BCUT2D eigenvalue weighted by molar-refractivity contribution is -0.141. The van der Waals surface area contributed by atoms with E-state index in [9.17, 15) is 18.0 Å². The second-order valence-electron chi connectivity index (χ2n) is 4.81. The van der Waals surface area contributed by atoms with Gasteiger partial charge in [0.05, 0.1) is 0 Å². The molecule has 2 amide bonds. The van der Waals surface area contributed by atoms with Crippen LogP contribution in [0.25, 0.3) is 0 Å². The van der Waals surface area contributed by atoms with Gasteiger partial charge >= 0.3 is 12.2 Å². The van der Waals surface area contributed by atoms with Crippen LogP contribution in [0.4, 0.5) is 23.7 Å². The van der Waals surface area contributed by atoms with Gasteiger partial charge < -0.3 is 10.2 Å². The number of aromatic nitrogens is 1. The zero-order valence-corrected chi connectivity index (χ0v) is 13.2. The van der Waals surface area contributed by atoms with Gasteiger partial charge in [0.25, 0.3) is 0 Å². The normalized spacial score (nSPS) is 11.2. The highest BCUT2D eigenvalue weighted by Gasteiger charge is 2.32. The van der Waals surface area contributed by atoms with E-state index in [0.29, 0.717) is 5.69 Å². The topological polar surface area (TPSA) is 45.2 Å². The molecule has 0 fully saturated rings. The Bertz CT molecular complexity index is 687. The van der Waals surface area contributed by atoms with Gasteiger partial charge in [-0.25, -0.2) is 9.78 Å². The van der Waals surface area contributed by atoms with E-state index in [1.165, 1.54) is 17.0 Å². The Morgan fingerprint density at radius 2 is 1.78 bits per heavy atom. The monoisotopic (exact) mass is 341 g/mol. The van der Waals surface area contributed by atoms with Crippen LogP contribution >= 0.6 is 11.8 Å². The van der Waals surface area contributed by atoms with Gasteiger partial charge in [-0.05, 0) is 36.4 Å². The molecule has 0 aliphatic heterocycles. The number of anilines is 1. The van der Waals surface area contributed by atoms with Crippen LogP contribution in [0.3, 0.4) is 0 Å². The highest BCUT2D eigenvalue weighted by Crippen LogP contribution is 2.32. The summed E-state index contributed by atoms with van der Waals surface area (Å²) in [5, 5.41) is 2.93. The Morgan fingerprint density at radius 1 is 1.13 bits per heavy atom. The number of hydrogen-bond donors (Lipinski definition) is 1. The maximum atomic E-state index is 12.6. The summed E-state index contributed by atoms with van der Waals surface area (Å²) < 4.78 is 37.9. The van der Waals surface area contributed by atoms with Gasteiger partial charge in [0.15, 0.2) is 0 Å². The van der Waals surface area contributed by atoms with Crippen molar-refractivity contribution in [3.8, 4) is 0 Å². The van der Waals surface area contributed by atoms with Gasteiger partial charge in [0.2, 0.25) is 0 Å². The highest BCUT2D eigenvalue weighted by atomic mass is 32.2. The smallest absolute Gasteiger partial charge is 0.331 e. The lowest BCUT2D eigenvalue weighted by Gasteiger charge is -2.12. The van der Waals surface area contributed by atoms with E-state index in [-0.39, 0.29) is 11.1 Å². The van der Waals surface area contributed by atoms with Crippen LogP contribution in [-0.4, -0.2) is 30.0 Å². The number of alkyl halides is 3. The fraction of sp³-hybridized carbons (Fsp3) is 0.200. The van der Waals surface area contributed by atoms with E-state index in [1.807, 2.05) is 0 Å². The quantitative estimate of drug-likeness (QED) is 0.903. The van der Waals surface area contributed by atoms with Crippen molar-refractivity contribution in [2.24, 2.45) is 0 Å². The predicted molar refractivity (Wildman–Crippen MR) is 82.5 cm³/mol. The number of urea groups is 1. The number of hydrogen-bond acceptors (Lipinski definition) is 3. The minimum Gasteiger partial charge on any atom is -0.331 e. The first-order valence-electron chi connectivity index (χ1n) is 6.56. The minimum absolute atomic E-state index is 0.255. The summed E-state index contributed by atoms with van der Waals surface area (Å²) in [6, 6.07) is 10.3. The molecule has 0 aliphatic carbocycles. The molecule has 1 N–H and O–H groups in total. The van der Waals surface area contributed by atoms with Gasteiger partial charge in [-0.1, -0.05) is 17.8 Å². The largest absolute Gasteiger partial charge is 0.433 e. The lowest BCUT2D eigenvalue weighted by Crippen LogP contribution is -2.27. The SMILES string of the molecule is CN(C)C(=O)Nc1ccc(Sc2cccc(C(F)(F)F)n2)cc1. The number of halogens is 3. The van der Waals surface area contributed by atoms with Gasteiger partial charge in [-0.15, -0.1) is 0 Å². The Labute approximate surface area is 135 Å². The van der Waals surface area contributed by atoms with E-state index in [0.717, 1.165) is 22.7 Å². The summed E-state index contributed by atoms with van der Waals surface area (Å²) >= 11 is 1.12. The predicted octanol–water partition coefficient (Wildman–Crippen LogP) is 4.35. The number of amides is 2. The molecule has 0 radical (unpaired) electrons.